The first kappa shape index (κ1) is 18.0. The highest BCUT2D eigenvalue weighted by Crippen LogP contribution is 2.29. The van der Waals surface area contributed by atoms with Crippen LogP contribution in [0.15, 0.2) is 54.6 Å². The molecule has 1 N–H and O–H groups in total. The van der Waals surface area contributed by atoms with Crippen molar-refractivity contribution in [2.75, 3.05) is 40.0 Å². The fraction of sp³-hybridized carbons (Fsp3) is 0.364. The first-order valence-corrected chi connectivity index (χ1v) is 9.45. The Labute approximate surface area is 159 Å². The van der Waals surface area contributed by atoms with Gasteiger partial charge in [-0.2, -0.15) is 0 Å². The normalized spacial score (nSPS) is 16.5. The maximum Gasteiger partial charge on any atom is 0.118 e. The average Bonchev–Trinajstić information content (AvgIpc) is 3.07. The number of nitrogens with zero attached hydrogens (tertiary/aromatic N) is 2. The summed E-state index contributed by atoms with van der Waals surface area (Å²) in [5.74, 6) is 0.841. The fourth-order valence-corrected chi connectivity index (χ4v) is 3.76. The van der Waals surface area contributed by atoms with Gasteiger partial charge in [0.15, 0.2) is 0 Å². The molecule has 1 aromatic heterocycles. The molecular weight excluding hydrogens is 340 g/mol. The Kier molecular flexibility index (Phi) is 5.43. The zero-order chi connectivity index (χ0) is 18.6. The predicted molar refractivity (Wildman–Crippen MR) is 107 cm³/mol. The van der Waals surface area contributed by atoms with Crippen LogP contribution in [0.25, 0.3) is 22.2 Å². The van der Waals surface area contributed by atoms with Crippen LogP contribution in [-0.4, -0.2) is 60.6 Å². The van der Waals surface area contributed by atoms with E-state index in [0.717, 1.165) is 48.8 Å². The summed E-state index contributed by atoms with van der Waals surface area (Å²) in [6, 6.07) is 18.6. The molecule has 0 bridgehead atoms. The molecule has 1 saturated heterocycles. The summed E-state index contributed by atoms with van der Waals surface area (Å²) < 4.78 is 12.9. The molecule has 0 amide bonds. The predicted octanol–water partition coefficient (Wildman–Crippen LogP) is 3.01. The van der Waals surface area contributed by atoms with E-state index >= 15 is 0 Å². The summed E-state index contributed by atoms with van der Waals surface area (Å²) in [4.78, 5) is 2.27. The van der Waals surface area contributed by atoms with Gasteiger partial charge < -0.3 is 19.1 Å². The van der Waals surface area contributed by atoms with Crippen molar-refractivity contribution in [3.05, 3.63) is 54.6 Å². The summed E-state index contributed by atoms with van der Waals surface area (Å²) in [6.45, 7) is 4.49. The molecule has 1 atom stereocenters. The second kappa shape index (κ2) is 8.13. The third kappa shape index (κ3) is 4.00. The van der Waals surface area contributed by atoms with Gasteiger partial charge >= 0.3 is 0 Å². The highest BCUT2D eigenvalue weighted by Gasteiger charge is 2.18. The summed E-state index contributed by atoms with van der Waals surface area (Å²) >= 11 is 0. The monoisotopic (exact) mass is 366 g/mol. The van der Waals surface area contributed by atoms with E-state index in [0.29, 0.717) is 13.1 Å². The van der Waals surface area contributed by atoms with Crippen LogP contribution in [0.1, 0.15) is 0 Å². The van der Waals surface area contributed by atoms with E-state index in [1.807, 2.05) is 18.2 Å². The van der Waals surface area contributed by atoms with E-state index in [1.165, 1.54) is 5.39 Å². The molecule has 1 fully saturated rings. The number of fused-ring (bicyclic) bond motifs is 1. The minimum absolute atomic E-state index is 0.434. The largest absolute Gasteiger partial charge is 0.497 e. The Morgan fingerprint density at radius 2 is 1.78 bits per heavy atom. The van der Waals surface area contributed by atoms with Gasteiger partial charge in [0, 0.05) is 36.2 Å². The SMILES string of the molecule is COc1ccc(-c2cc3ccccc3n2C[C@@H](O)CN2CCOCC2)cc1. The molecule has 4 rings (SSSR count). The van der Waals surface area contributed by atoms with E-state index in [4.69, 9.17) is 9.47 Å². The number of benzene rings is 2. The van der Waals surface area contributed by atoms with Crippen LogP contribution in [0, 0.1) is 0 Å². The zero-order valence-corrected chi connectivity index (χ0v) is 15.7. The maximum atomic E-state index is 10.8. The van der Waals surface area contributed by atoms with Crippen LogP contribution in [0.5, 0.6) is 5.75 Å². The molecule has 1 aliphatic rings. The summed E-state index contributed by atoms with van der Waals surface area (Å²) in [5.41, 5.74) is 3.37. The summed E-state index contributed by atoms with van der Waals surface area (Å²) in [6.07, 6.45) is -0.434. The van der Waals surface area contributed by atoms with Crippen molar-refractivity contribution < 1.29 is 14.6 Å². The van der Waals surface area contributed by atoms with E-state index in [9.17, 15) is 5.11 Å². The van der Waals surface area contributed by atoms with Crippen molar-refractivity contribution in [2.24, 2.45) is 0 Å². The second-order valence-electron chi connectivity index (χ2n) is 6.99. The summed E-state index contributed by atoms with van der Waals surface area (Å²) in [5, 5.41) is 11.9. The number of ether oxygens (including phenoxy) is 2. The van der Waals surface area contributed by atoms with Gasteiger partial charge in [0.2, 0.25) is 0 Å². The van der Waals surface area contributed by atoms with Gasteiger partial charge in [-0.3, -0.25) is 4.90 Å². The number of para-hydroxylation sites is 1. The van der Waals surface area contributed by atoms with Gasteiger partial charge in [0.1, 0.15) is 5.75 Å². The Bertz CT molecular complexity index is 882. The Morgan fingerprint density at radius 1 is 1.04 bits per heavy atom. The van der Waals surface area contributed by atoms with Gasteiger partial charge in [-0.15, -0.1) is 0 Å². The molecule has 0 unspecified atom stereocenters. The number of methoxy groups -OCH3 is 1. The van der Waals surface area contributed by atoms with Crippen LogP contribution < -0.4 is 4.74 Å². The molecule has 5 heteroatoms. The van der Waals surface area contributed by atoms with Crippen molar-refractivity contribution in [1.82, 2.24) is 9.47 Å². The first-order chi connectivity index (χ1) is 13.2. The Hall–Kier alpha value is -2.34. The fourth-order valence-electron chi connectivity index (χ4n) is 3.76. The third-order valence-electron chi connectivity index (χ3n) is 5.16. The average molecular weight is 366 g/mol. The molecule has 0 saturated carbocycles. The highest BCUT2D eigenvalue weighted by atomic mass is 16.5. The van der Waals surface area contributed by atoms with Crippen molar-refractivity contribution in [2.45, 2.75) is 12.6 Å². The van der Waals surface area contributed by atoms with Crippen molar-refractivity contribution >= 4 is 10.9 Å². The van der Waals surface area contributed by atoms with Gasteiger partial charge in [0.25, 0.3) is 0 Å². The second-order valence-corrected chi connectivity index (χ2v) is 6.99. The van der Waals surface area contributed by atoms with Gasteiger partial charge in [0.05, 0.1) is 33.0 Å². The first-order valence-electron chi connectivity index (χ1n) is 9.45. The van der Waals surface area contributed by atoms with E-state index in [-0.39, 0.29) is 0 Å². The van der Waals surface area contributed by atoms with E-state index in [2.05, 4.69) is 45.9 Å². The molecule has 142 valence electrons. The molecule has 0 aliphatic carbocycles. The highest BCUT2D eigenvalue weighted by molar-refractivity contribution is 5.87. The quantitative estimate of drug-likeness (QED) is 0.729. The standard InChI is InChI=1S/C22H26N2O3/c1-26-20-8-6-17(7-9-20)22-14-18-4-2-3-5-21(18)24(22)16-19(25)15-23-10-12-27-13-11-23/h2-9,14,19,25H,10-13,15-16H2,1H3/t19-/m0/s1. The van der Waals surface area contributed by atoms with Crippen LogP contribution in [-0.2, 0) is 11.3 Å². The van der Waals surface area contributed by atoms with Gasteiger partial charge in [-0.05, 0) is 42.0 Å². The summed E-state index contributed by atoms with van der Waals surface area (Å²) in [7, 11) is 1.67. The van der Waals surface area contributed by atoms with E-state index in [1.54, 1.807) is 7.11 Å². The number of morpholine rings is 1. The number of aromatic nitrogens is 1. The van der Waals surface area contributed by atoms with E-state index < -0.39 is 6.10 Å². The number of aliphatic hydroxyl groups excluding tert-OH is 1. The smallest absolute Gasteiger partial charge is 0.118 e. The van der Waals surface area contributed by atoms with Gasteiger partial charge in [-0.25, -0.2) is 0 Å². The van der Waals surface area contributed by atoms with Crippen LogP contribution in [0.3, 0.4) is 0 Å². The lowest BCUT2D eigenvalue weighted by atomic mass is 10.1. The van der Waals surface area contributed by atoms with Gasteiger partial charge in [-0.1, -0.05) is 18.2 Å². The van der Waals surface area contributed by atoms with Crippen LogP contribution >= 0.6 is 0 Å². The lowest BCUT2D eigenvalue weighted by molar-refractivity contribution is 0.0118. The molecule has 3 aromatic rings. The molecule has 2 heterocycles. The molecular formula is C22H26N2O3. The number of hydrogen-bond acceptors (Lipinski definition) is 4. The molecule has 0 spiro atoms. The molecule has 1 aliphatic heterocycles. The molecule has 0 radical (unpaired) electrons. The van der Waals surface area contributed by atoms with Crippen LogP contribution in [0.4, 0.5) is 0 Å². The van der Waals surface area contributed by atoms with Crippen molar-refractivity contribution in [1.29, 1.82) is 0 Å². The Morgan fingerprint density at radius 3 is 2.52 bits per heavy atom. The topological polar surface area (TPSA) is 46.9 Å². The molecule has 2 aromatic carbocycles. The Balaban J connectivity index is 1.63. The number of hydrogen-bond donors (Lipinski definition) is 1. The minimum atomic E-state index is -0.434. The lowest BCUT2D eigenvalue weighted by Crippen LogP contribution is -2.42. The third-order valence-corrected chi connectivity index (χ3v) is 5.16. The molecule has 27 heavy (non-hydrogen) atoms. The number of β-amino-alcohol motifs (C(OH)–C–C–N with tert-alkyl or cyclic N) is 1. The molecule has 5 nitrogen and oxygen atoms in total. The number of rotatable bonds is 6. The maximum absolute atomic E-state index is 10.8. The zero-order valence-electron chi connectivity index (χ0n) is 15.7. The van der Waals surface area contributed by atoms with Crippen molar-refractivity contribution in [3.63, 3.8) is 0 Å². The number of aliphatic hydroxyl groups is 1. The van der Waals surface area contributed by atoms with Crippen LogP contribution in [0.2, 0.25) is 0 Å². The minimum Gasteiger partial charge on any atom is -0.497 e. The lowest BCUT2D eigenvalue weighted by Gasteiger charge is -2.29. The van der Waals surface area contributed by atoms with Crippen molar-refractivity contribution in [3.8, 4) is 17.0 Å².